The number of methoxy groups -OCH3 is 1. The fraction of sp³-hybridized carbons (Fsp3) is 0.158. The van der Waals surface area contributed by atoms with Gasteiger partial charge < -0.3 is 14.8 Å². The highest BCUT2D eigenvalue weighted by Crippen LogP contribution is 2.13. The van der Waals surface area contributed by atoms with Crippen LogP contribution in [0.15, 0.2) is 53.6 Å². The summed E-state index contributed by atoms with van der Waals surface area (Å²) in [6.07, 6.45) is 0.825. The SMILES string of the molecule is COC(=O)COc1cccc(C=NNC(=O)CC(=O)Nc2ccccc2F)c1. The Bertz CT molecular complexity index is 885. The normalized spacial score (nSPS) is 10.4. The lowest BCUT2D eigenvalue weighted by molar-refractivity contribution is -0.143. The highest BCUT2D eigenvalue weighted by molar-refractivity contribution is 6.03. The van der Waals surface area contributed by atoms with E-state index >= 15 is 0 Å². The van der Waals surface area contributed by atoms with E-state index in [9.17, 15) is 18.8 Å². The molecule has 0 radical (unpaired) electrons. The van der Waals surface area contributed by atoms with Crippen molar-refractivity contribution >= 4 is 29.7 Å². The molecule has 2 N–H and O–H groups in total. The molecule has 0 saturated carbocycles. The van der Waals surface area contributed by atoms with E-state index in [1.165, 1.54) is 31.5 Å². The third-order valence-corrected chi connectivity index (χ3v) is 3.31. The Hall–Kier alpha value is -3.75. The van der Waals surface area contributed by atoms with E-state index in [2.05, 4.69) is 20.6 Å². The Morgan fingerprint density at radius 2 is 1.89 bits per heavy atom. The van der Waals surface area contributed by atoms with Crippen LogP contribution in [0.2, 0.25) is 0 Å². The zero-order chi connectivity index (χ0) is 20.4. The second-order valence-corrected chi connectivity index (χ2v) is 5.44. The summed E-state index contributed by atoms with van der Waals surface area (Å²) >= 11 is 0. The van der Waals surface area contributed by atoms with Crippen LogP contribution in [0.3, 0.4) is 0 Å². The van der Waals surface area contributed by atoms with Crippen molar-refractivity contribution in [3.8, 4) is 5.75 Å². The monoisotopic (exact) mass is 387 g/mol. The summed E-state index contributed by atoms with van der Waals surface area (Å²) in [7, 11) is 1.26. The van der Waals surface area contributed by atoms with Crippen LogP contribution in [-0.4, -0.2) is 37.7 Å². The number of hydrazone groups is 1. The molecule has 0 aliphatic heterocycles. The predicted octanol–water partition coefficient (Wildman–Crippen LogP) is 1.86. The number of halogens is 1. The number of para-hydroxylation sites is 1. The Morgan fingerprint density at radius 1 is 1.11 bits per heavy atom. The summed E-state index contributed by atoms with van der Waals surface area (Å²) in [4.78, 5) is 34.6. The number of nitrogens with zero attached hydrogens (tertiary/aromatic N) is 1. The number of carbonyl (C=O) groups is 3. The van der Waals surface area contributed by atoms with Crippen LogP contribution in [0.5, 0.6) is 5.75 Å². The van der Waals surface area contributed by atoms with Gasteiger partial charge in [-0.15, -0.1) is 0 Å². The van der Waals surface area contributed by atoms with Gasteiger partial charge >= 0.3 is 5.97 Å². The maximum Gasteiger partial charge on any atom is 0.343 e. The van der Waals surface area contributed by atoms with Crippen LogP contribution in [0, 0.1) is 5.82 Å². The highest BCUT2D eigenvalue weighted by Gasteiger charge is 2.11. The molecule has 28 heavy (non-hydrogen) atoms. The molecule has 0 saturated heterocycles. The minimum absolute atomic E-state index is 0.00688. The summed E-state index contributed by atoms with van der Waals surface area (Å²) in [6, 6.07) is 12.3. The first-order chi connectivity index (χ1) is 13.5. The van der Waals surface area contributed by atoms with Gasteiger partial charge in [0.2, 0.25) is 11.8 Å². The summed E-state index contributed by atoms with van der Waals surface area (Å²) in [5, 5.41) is 6.05. The van der Waals surface area contributed by atoms with Gasteiger partial charge in [-0.2, -0.15) is 5.10 Å². The quantitative estimate of drug-likeness (QED) is 0.311. The fourth-order valence-corrected chi connectivity index (χ4v) is 2.01. The van der Waals surface area contributed by atoms with Crippen LogP contribution in [0.4, 0.5) is 10.1 Å². The molecule has 0 aliphatic carbocycles. The number of anilines is 1. The molecule has 0 fully saturated rings. The third-order valence-electron chi connectivity index (χ3n) is 3.31. The van der Waals surface area contributed by atoms with Gasteiger partial charge in [-0.05, 0) is 29.8 Å². The molecule has 0 unspecified atom stereocenters. The Labute approximate surface area is 160 Å². The van der Waals surface area contributed by atoms with Crippen molar-refractivity contribution < 1.29 is 28.2 Å². The first-order valence-electron chi connectivity index (χ1n) is 8.14. The van der Waals surface area contributed by atoms with E-state index in [1.54, 1.807) is 30.3 Å². The van der Waals surface area contributed by atoms with Crippen LogP contribution >= 0.6 is 0 Å². The Morgan fingerprint density at radius 3 is 2.64 bits per heavy atom. The number of rotatable bonds is 8. The predicted molar refractivity (Wildman–Crippen MR) is 99.3 cm³/mol. The zero-order valence-electron chi connectivity index (χ0n) is 15.0. The molecular formula is C19H18FN3O5. The third kappa shape index (κ3) is 6.87. The largest absolute Gasteiger partial charge is 0.482 e. The molecule has 2 aromatic rings. The molecule has 8 nitrogen and oxygen atoms in total. The molecule has 0 aliphatic rings. The van der Waals surface area contributed by atoms with Gasteiger partial charge in [-0.25, -0.2) is 14.6 Å². The van der Waals surface area contributed by atoms with Crippen molar-refractivity contribution in [1.29, 1.82) is 0 Å². The molecule has 2 amide bonds. The molecule has 2 rings (SSSR count). The van der Waals surface area contributed by atoms with Crippen molar-refractivity contribution in [2.45, 2.75) is 6.42 Å². The lowest BCUT2D eigenvalue weighted by atomic mass is 10.2. The van der Waals surface area contributed by atoms with Gasteiger partial charge in [-0.1, -0.05) is 24.3 Å². The topological polar surface area (TPSA) is 106 Å². The number of hydrogen-bond donors (Lipinski definition) is 2. The molecular weight excluding hydrogens is 369 g/mol. The van der Waals surface area contributed by atoms with E-state index < -0.39 is 30.0 Å². The highest BCUT2D eigenvalue weighted by atomic mass is 19.1. The molecule has 0 bridgehead atoms. The Balaban J connectivity index is 1.82. The molecule has 0 aromatic heterocycles. The number of esters is 1. The average Bonchev–Trinajstić information content (AvgIpc) is 2.68. The standard InChI is InChI=1S/C19H18FN3O5/c1-27-19(26)12-28-14-6-4-5-13(9-14)11-21-23-18(25)10-17(24)22-16-8-3-2-7-15(16)20/h2-9,11H,10,12H2,1H3,(H,22,24)(H,23,25). The van der Waals surface area contributed by atoms with Crippen LogP contribution in [0.25, 0.3) is 0 Å². The van der Waals surface area contributed by atoms with Crippen LogP contribution < -0.4 is 15.5 Å². The van der Waals surface area contributed by atoms with Crippen molar-refractivity contribution in [3.63, 3.8) is 0 Å². The lowest BCUT2D eigenvalue weighted by Crippen LogP contribution is -2.24. The van der Waals surface area contributed by atoms with Crippen molar-refractivity contribution in [3.05, 3.63) is 59.9 Å². The van der Waals surface area contributed by atoms with E-state index in [0.717, 1.165) is 0 Å². The molecule has 0 spiro atoms. The molecule has 146 valence electrons. The number of ether oxygens (including phenoxy) is 2. The van der Waals surface area contributed by atoms with E-state index in [1.807, 2.05) is 0 Å². The number of benzene rings is 2. The summed E-state index contributed by atoms with van der Waals surface area (Å²) < 4.78 is 23.2. The minimum Gasteiger partial charge on any atom is -0.482 e. The summed E-state index contributed by atoms with van der Waals surface area (Å²) in [5.74, 6) is -2.02. The number of amides is 2. The smallest absolute Gasteiger partial charge is 0.343 e. The maximum absolute atomic E-state index is 13.5. The second kappa shape index (κ2) is 10.4. The van der Waals surface area contributed by atoms with Crippen LogP contribution in [0.1, 0.15) is 12.0 Å². The van der Waals surface area contributed by atoms with Gasteiger partial charge in [0, 0.05) is 0 Å². The number of hydrogen-bond acceptors (Lipinski definition) is 6. The van der Waals surface area contributed by atoms with Crippen molar-refractivity contribution in [2.24, 2.45) is 5.10 Å². The van der Waals surface area contributed by atoms with Crippen molar-refractivity contribution in [2.75, 3.05) is 19.0 Å². The molecule has 9 heteroatoms. The van der Waals surface area contributed by atoms with Gasteiger partial charge in [0.1, 0.15) is 18.0 Å². The Kier molecular flexibility index (Phi) is 7.64. The van der Waals surface area contributed by atoms with Gasteiger partial charge in [0.25, 0.3) is 0 Å². The van der Waals surface area contributed by atoms with Crippen molar-refractivity contribution in [1.82, 2.24) is 5.43 Å². The van der Waals surface area contributed by atoms with Gasteiger partial charge in [-0.3, -0.25) is 9.59 Å². The second-order valence-electron chi connectivity index (χ2n) is 5.44. The lowest BCUT2D eigenvalue weighted by Gasteiger charge is -2.06. The van der Waals surface area contributed by atoms with Gasteiger partial charge in [0.05, 0.1) is 19.0 Å². The van der Waals surface area contributed by atoms with E-state index in [0.29, 0.717) is 11.3 Å². The van der Waals surface area contributed by atoms with E-state index in [-0.39, 0.29) is 12.3 Å². The zero-order valence-corrected chi connectivity index (χ0v) is 15.0. The maximum atomic E-state index is 13.5. The first-order valence-corrected chi connectivity index (χ1v) is 8.14. The number of carbonyl (C=O) groups excluding carboxylic acids is 3. The summed E-state index contributed by atoms with van der Waals surface area (Å²) in [6.45, 7) is -0.231. The first kappa shape index (κ1) is 20.6. The van der Waals surface area contributed by atoms with Crippen LogP contribution in [-0.2, 0) is 19.1 Å². The number of nitrogens with one attached hydrogen (secondary N) is 2. The average molecular weight is 387 g/mol. The summed E-state index contributed by atoms with van der Waals surface area (Å²) in [5.41, 5.74) is 2.79. The molecule has 0 heterocycles. The molecule has 0 atom stereocenters. The van der Waals surface area contributed by atoms with E-state index in [4.69, 9.17) is 4.74 Å². The minimum atomic E-state index is -0.670. The van der Waals surface area contributed by atoms with Gasteiger partial charge in [0.15, 0.2) is 6.61 Å². The molecule has 2 aromatic carbocycles. The fourth-order valence-electron chi connectivity index (χ4n) is 2.01.